The molecule has 9 rings (SSSR count). The van der Waals surface area contributed by atoms with Crippen LogP contribution >= 0.6 is 0 Å². The first-order valence-corrected chi connectivity index (χ1v) is 18.8. The highest BCUT2D eigenvalue weighted by Crippen LogP contribution is 2.45. The van der Waals surface area contributed by atoms with Gasteiger partial charge in [-0.2, -0.15) is 0 Å². The van der Waals surface area contributed by atoms with E-state index in [0.29, 0.717) is 0 Å². The maximum absolute atomic E-state index is 2.42. The van der Waals surface area contributed by atoms with Crippen molar-refractivity contribution in [3.63, 3.8) is 0 Å². The maximum Gasteiger partial charge on any atom is 0.0540 e. The van der Waals surface area contributed by atoms with Gasteiger partial charge < -0.3 is 4.90 Å². The highest BCUT2D eigenvalue weighted by Gasteiger charge is 2.20. The molecule has 0 aliphatic carbocycles. The number of para-hydroxylation sites is 2. The fourth-order valence-electron chi connectivity index (χ4n) is 7.58. The highest BCUT2D eigenvalue weighted by atomic mass is 15.1. The van der Waals surface area contributed by atoms with Gasteiger partial charge in [0.05, 0.1) is 11.4 Å². The first-order chi connectivity index (χ1) is 27.3. The summed E-state index contributed by atoms with van der Waals surface area (Å²) in [7, 11) is 0. The molecular weight excluding hydrogens is 663 g/mol. The van der Waals surface area contributed by atoms with Crippen molar-refractivity contribution in [2.75, 3.05) is 4.90 Å². The third-order valence-electron chi connectivity index (χ3n) is 10.3. The smallest absolute Gasteiger partial charge is 0.0540 e. The van der Waals surface area contributed by atoms with E-state index < -0.39 is 0 Å². The lowest BCUT2D eigenvalue weighted by atomic mass is 9.91. The van der Waals surface area contributed by atoms with E-state index in [1.807, 2.05) is 0 Å². The average molecular weight is 702 g/mol. The van der Waals surface area contributed by atoms with Gasteiger partial charge >= 0.3 is 0 Å². The summed E-state index contributed by atoms with van der Waals surface area (Å²) in [5.41, 5.74) is 17.6. The Balaban J connectivity index is 1.16. The van der Waals surface area contributed by atoms with Gasteiger partial charge in [0.2, 0.25) is 0 Å². The molecule has 0 heterocycles. The van der Waals surface area contributed by atoms with Crippen LogP contribution in [0.25, 0.3) is 66.8 Å². The lowest BCUT2D eigenvalue weighted by molar-refractivity contribution is 1.28. The van der Waals surface area contributed by atoms with E-state index in [-0.39, 0.29) is 0 Å². The quantitative estimate of drug-likeness (QED) is 0.145. The van der Waals surface area contributed by atoms with Gasteiger partial charge in [-0.25, -0.2) is 0 Å². The molecule has 0 saturated heterocycles. The number of nitrogens with zero attached hydrogens (tertiary/aromatic N) is 1. The third-order valence-corrected chi connectivity index (χ3v) is 10.3. The van der Waals surface area contributed by atoms with Gasteiger partial charge in [0.1, 0.15) is 0 Å². The highest BCUT2D eigenvalue weighted by molar-refractivity contribution is 5.94. The number of rotatable bonds is 9. The summed E-state index contributed by atoms with van der Waals surface area (Å²) in [6.45, 7) is 0. The molecule has 0 bridgehead atoms. The van der Waals surface area contributed by atoms with Gasteiger partial charge in [-0.1, -0.05) is 206 Å². The number of anilines is 3. The van der Waals surface area contributed by atoms with Crippen LogP contribution in [0.2, 0.25) is 0 Å². The van der Waals surface area contributed by atoms with Crippen molar-refractivity contribution in [1.82, 2.24) is 0 Å². The van der Waals surface area contributed by atoms with Crippen LogP contribution in [0.4, 0.5) is 17.1 Å². The van der Waals surface area contributed by atoms with E-state index in [1.165, 1.54) is 61.2 Å². The van der Waals surface area contributed by atoms with Crippen LogP contribution in [0, 0.1) is 0 Å². The normalized spacial score (nSPS) is 10.9. The van der Waals surface area contributed by atoms with Gasteiger partial charge in [-0.3, -0.25) is 0 Å². The Morgan fingerprint density at radius 1 is 0.200 bits per heavy atom. The molecular formula is C54H39N. The first-order valence-electron chi connectivity index (χ1n) is 18.8. The minimum absolute atomic E-state index is 1.09. The molecule has 0 saturated carbocycles. The Labute approximate surface area is 324 Å². The summed E-state index contributed by atoms with van der Waals surface area (Å²) in [5.74, 6) is 0. The van der Waals surface area contributed by atoms with E-state index in [0.717, 1.165) is 22.6 Å². The second-order valence-electron chi connectivity index (χ2n) is 13.7. The lowest BCUT2D eigenvalue weighted by Gasteiger charge is -2.30. The molecule has 0 aliphatic rings. The van der Waals surface area contributed by atoms with Crippen molar-refractivity contribution in [1.29, 1.82) is 0 Å². The van der Waals surface area contributed by atoms with E-state index in [2.05, 4.69) is 241 Å². The zero-order valence-corrected chi connectivity index (χ0v) is 30.5. The largest absolute Gasteiger partial charge is 0.309 e. The lowest BCUT2D eigenvalue weighted by Crippen LogP contribution is -2.12. The Kier molecular flexibility index (Phi) is 9.41. The standard InChI is InChI=1S/C54H39N/c1-5-17-40(18-6-1)41-29-31-46(32-30-41)51-26-14-16-28-54(51)55(53-27-15-13-25-50(53)44-21-9-3-10-22-44)48-36-33-42(34-37-48)47-35-38-49(43-19-7-2-8-20-43)52(39-47)45-23-11-4-12-24-45/h1-39H. The monoisotopic (exact) mass is 701 g/mol. The minimum Gasteiger partial charge on any atom is -0.309 e. The van der Waals surface area contributed by atoms with Crippen LogP contribution in [0.3, 0.4) is 0 Å². The zero-order valence-electron chi connectivity index (χ0n) is 30.5. The van der Waals surface area contributed by atoms with Crippen LogP contribution in [0.5, 0.6) is 0 Å². The number of benzene rings is 9. The molecule has 0 fully saturated rings. The molecule has 0 unspecified atom stereocenters. The molecule has 0 N–H and O–H groups in total. The predicted molar refractivity (Wildman–Crippen MR) is 234 cm³/mol. The Bertz CT molecular complexity index is 2650. The maximum atomic E-state index is 2.42. The predicted octanol–water partition coefficient (Wildman–Crippen LogP) is 15.2. The summed E-state index contributed by atoms with van der Waals surface area (Å²) in [6, 6.07) is 84.9. The van der Waals surface area contributed by atoms with Gasteiger partial charge in [-0.05, 0) is 86.0 Å². The van der Waals surface area contributed by atoms with Crippen LogP contribution in [0.1, 0.15) is 0 Å². The number of hydrogen-bond acceptors (Lipinski definition) is 1. The van der Waals surface area contributed by atoms with E-state index in [1.54, 1.807) is 0 Å². The van der Waals surface area contributed by atoms with Gasteiger partial charge in [0.25, 0.3) is 0 Å². The van der Waals surface area contributed by atoms with Crippen LogP contribution in [0.15, 0.2) is 237 Å². The van der Waals surface area contributed by atoms with Crippen LogP contribution in [-0.4, -0.2) is 0 Å². The molecule has 9 aromatic rings. The molecule has 55 heavy (non-hydrogen) atoms. The summed E-state index contributed by atoms with van der Waals surface area (Å²) in [4.78, 5) is 2.42. The van der Waals surface area contributed by atoms with Gasteiger partial charge in [0.15, 0.2) is 0 Å². The van der Waals surface area contributed by atoms with Crippen molar-refractivity contribution in [3.05, 3.63) is 237 Å². The third kappa shape index (κ3) is 7.00. The zero-order chi connectivity index (χ0) is 36.8. The molecule has 0 spiro atoms. The Morgan fingerprint density at radius 3 is 1.05 bits per heavy atom. The molecule has 260 valence electrons. The second kappa shape index (κ2) is 15.4. The van der Waals surface area contributed by atoms with Gasteiger partial charge in [-0.15, -0.1) is 0 Å². The summed E-state index contributed by atoms with van der Waals surface area (Å²) in [5, 5.41) is 0. The summed E-state index contributed by atoms with van der Waals surface area (Å²) in [6.07, 6.45) is 0. The van der Waals surface area contributed by atoms with Crippen LogP contribution < -0.4 is 4.90 Å². The topological polar surface area (TPSA) is 3.24 Å². The van der Waals surface area contributed by atoms with Crippen molar-refractivity contribution in [2.45, 2.75) is 0 Å². The molecule has 1 nitrogen and oxygen atoms in total. The number of hydrogen-bond donors (Lipinski definition) is 0. The molecule has 0 amide bonds. The second-order valence-corrected chi connectivity index (χ2v) is 13.7. The minimum atomic E-state index is 1.09. The van der Waals surface area contributed by atoms with Crippen molar-refractivity contribution < 1.29 is 0 Å². The Hall–Kier alpha value is -7.22. The molecule has 0 radical (unpaired) electrons. The molecule has 1 heteroatoms. The first kappa shape index (κ1) is 33.6. The molecule has 0 aliphatic heterocycles. The fraction of sp³-hybridized carbons (Fsp3) is 0. The SMILES string of the molecule is c1ccc(-c2ccc(-c3ccccc3N(c3ccc(-c4ccc(-c5ccccc5)c(-c5ccccc5)c4)cc3)c3ccccc3-c3ccccc3)cc2)cc1. The summed E-state index contributed by atoms with van der Waals surface area (Å²) >= 11 is 0. The molecule has 0 aromatic heterocycles. The van der Waals surface area contributed by atoms with Crippen molar-refractivity contribution in [2.24, 2.45) is 0 Å². The molecule has 0 atom stereocenters. The Morgan fingerprint density at radius 2 is 0.527 bits per heavy atom. The van der Waals surface area contributed by atoms with Gasteiger partial charge in [0, 0.05) is 16.8 Å². The average Bonchev–Trinajstić information content (AvgIpc) is 3.28. The molecule has 9 aromatic carbocycles. The van der Waals surface area contributed by atoms with E-state index in [4.69, 9.17) is 0 Å². The van der Waals surface area contributed by atoms with Crippen molar-refractivity contribution >= 4 is 17.1 Å². The van der Waals surface area contributed by atoms with Crippen molar-refractivity contribution in [3.8, 4) is 66.8 Å². The van der Waals surface area contributed by atoms with Crippen LogP contribution in [-0.2, 0) is 0 Å². The summed E-state index contributed by atoms with van der Waals surface area (Å²) < 4.78 is 0. The fourth-order valence-corrected chi connectivity index (χ4v) is 7.58. The van der Waals surface area contributed by atoms with E-state index >= 15 is 0 Å². The van der Waals surface area contributed by atoms with E-state index in [9.17, 15) is 0 Å².